The van der Waals surface area contributed by atoms with Crippen LogP contribution in [-0.2, 0) is 51.7 Å². The molecule has 1 amide bonds. The lowest BCUT2D eigenvalue weighted by molar-refractivity contribution is -0.131. The second-order valence-corrected chi connectivity index (χ2v) is 11.9. The van der Waals surface area contributed by atoms with Gasteiger partial charge in [-0.1, -0.05) is 72.8 Å². The van der Waals surface area contributed by atoms with Gasteiger partial charge in [0, 0.05) is 43.4 Å². The van der Waals surface area contributed by atoms with E-state index in [1.54, 1.807) is 6.20 Å². The first-order chi connectivity index (χ1) is 20.4. The smallest absolute Gasteiger partial charge is 0.264 e. The highest BCUT2D eigenvalue weighted by Gasteiger charge is 2.17. The van der Waals surface area contributed by atoms with Crippen LogP contribution < -0.4 is 4.74 Å². The monoisotopic (exact) mass is 586 g/mol. The topological polar surface area (TPSA) is 85.8 Å². The number of hydrogen-bond acceptors (Lipinski definition) is 6. The minimum Gasteiger partial charge on any atom is -0.489 e. The number of amides is 1. The molecule has 4 rings (SSSR count). The maximum absolute atomic E-state index is 13.4. The Balaban J connectivity index is 1.46. The van der Waals surface area contributed by atoms with Crippen molar-refractivity contribution < 1.29 is 22.1 Å². The van der Waals surface area contributed by atoms with E-state index in [1.165, 1.54) is 5.56 Å². The molecule has 8 heteroatoms. The van der Waals surface area contributed by atoms with Crippen molar-refractivity contribution in [2.45, 2.75) is 51.9 Å². The third-order valence-electron chi connectivity index (χ3n) is 6.83. The molecule has 4 aromatic rings. The van der Waals surface area contributed by atoms with Crippen LogP contribution in [0.25, 0.3) is 0 Å². The van der Waals surface area contributed by atoms with Crippen LogP contribution in [0.5, 0.6) is 5.75 Å². The van der Waals surface area contributed by atoms with Crippen LogP contribution in [0.4, 0.5) is 0 Å². The normalized spacial score (nSPS) is 11.3. The van der Waals surface area contributed by atoms with Crippen LogP contribution in [0.15, 0.2) is 103 Å². The molecule has 0 spiro atoms. The maximum atomic E-state index is 13.4. The van der Waals surface area contributed by atoms with E-state index in [0.29, 0.717) is 43.9 Å². The lowest BCUT2D eigenvalue weighted by Gasteiger charge is -2.24. The van der Waals surface area contributed by atoms with Gasteiger partial charge in [0.1, 0.15) is 12.4 Å². The lowest BCUT2D eigenvalue weighted by atomic mass is 10.1. The van der Waals surface area contributed by atoms with Gasteiger partial charge in [0.2, 0.25) is 5.91 Å². The van der Waals surface area contributed by atoms with E-state index < -0.39 is 10.1 Å². The number of carbonyl (C=O) groups excluding carboxylic acids is 1. The summed E-state index contributed by atoms with van der Waals surface area (Å²) < 4.78 is 34.7. The molecule has 1 heterocycles. The number of rotatable bonds is 16. The predicted molar refractivity (Wildman–Crippen MR) is 164 cm³/mol. The van der Waals surface area contributed by atoms with Gasteiger partial charge >= 0.3 is 0 Å². The maximum Gasteiger partial charge on any atom is 0.264 e. The number of nitrogens with zero attached hydrogens (tertiary/aromatic N) is 2. The van der Waals surface area contributed by atoms with Crippen LogP contribution in [0.1, 0.15) is 47.2 Å². The van der Waals surface area contributed by atoms with Gasteiger partial charge in [-0.15, -0.1) is 0 Å². The van der Waals surface area contributed by atoms with Gasteiger partial charge in [0.15, 0.2) is 0 Å². The minimum atomic E-state index is -3.65. The van der Waals surface area contributed by atoms with E-state index in [1.807, 2.05) is 89.8 Å². The molecule has 0 radical (unpaired) electrons. The molecular formula is C34H38N2O5S. The zero-order valence-corrected chi connectivity index (χ0v) is 24.8. The molecule has 3 aromatic carbocycles. The summed E-state index contributed by atoms with van der Waals surface area (Å²) in [6.45, 7) is 1.09. The van der Waals surface area contributed by atoms with Gasteiger partial charge in [-0.2, -0.15) is 8.42 Å². The SMILES string of the molecule is CS(=O)(=O)OCc1cc(CN(CCc2ccccn2)C(=O)CCCCc2ccccc2)ccc1OCc1ccccc1. The zero-order valence-electron chi connectivity index (χ0n) is 24.0. The molecule has 0 unspecified atom stereocenters. The standard InChI is InChI=1S/C34H38N2O5S/c1-42(38,39)41-27-31-24-30(19-20-33(31)40-26-29-15-6-3-7-16-29)25-36(23-21-32-17-10-11-22-35-32)34(37)18-9-8-14-28-12-4-2-5-13-28/h2-7,10-13,15-17,19-20,22,24H,8-9,14,18,21,23,25-27H2,1H3. The Morgan fingerprint density at radius 1 is 0.786 bits per heavy atom. The van der Waals surface area contributed by atoms with Gasteiger partial charge in [0.25, 0.3) is 10.1 Å². The summed E-state index contributed by atoms with van der Waals surface area (Å²) in [5.41, 5.74) is 4.67. The highest BCUT2D eigenvalue weighted by molar-refractivity contribution is 7.85. The molecular weight excluding hydrogens is 548 g/mol. The number of aryl methyl sites for hydroxylation is 1. The Kier molecular flexibility index (Phi) is 11.7. The largest absolute Gasteiger partial charge is 0.489 e. The van der Waals surface area contributed by atoms with Crippen LogP contribution in [-0.4, -0.2) is 37.0 Å². The van der Waals surface area contributed by atoms with Gasteiger partial charge < -0.3 is 9.64 Å². The fraction of sp³-hybridized carbons (Fsp3) is 0.294. The van der Waals surface area contributed by atoms with E-state index in [9.17, 15) is 13.2 Å². The number of hydrogen-bond donors (Lipinski definition) is 0. The summed E-state index contributed by atoms with van der Waals surface area (Å²) in [7, 11) is -3.65. The van der Waals surface area contributed by atoms with E-state index in [4.69, 9.17) is 8.92 Å². The van der Waals surface area contributed by atoms with E-state index in [0.717, 1.165) is 42.3 Å². The molecule has 7 nitrogen and oxygen atoms in total. The Bertz CT molecular complexity index is 1500. The highest BCUT2D eigenvalue weighted by Crippen LogP contribution is 2.24. The van der Waals surface area contributed by atoms with E-state index in [-0.39, 0.29) is 12.5 Å². The van der Waals surface area contributed by atoms with Crippen LogP contribution in [0.3, 0.4) is 0 Å². The number of benzene rings is 3. The molecule has 0 aliphatic rings. The van der Waals surface area contributed by atoms with Crippen molar-refractivity contribution in [3.63, 3.8) is 0 Å². The van der Waals surface area contributed by atoms with Crippen LogP contribution in [0.2, 0.25) is 0 Å². The van der Waals surface area contributed by atoms with Gasteiger partial charge in [-0.05, 0) is 60.2 Å². The quantitative estimate of drug-likeness (QED) is 0.116. The summed E-state index contributed by atoms with van der Waals surface area (Å²) in [5, 5.41) is 0. The highest BCUT2D eigenvalue weighted by atomic mass is 32.2. The summed E-state index contributed by atoms with van der Waals surface area (Å²) in [5.74, 6) is 0.621. The fourth-order valence-corrected chi connectivity index (χ4v) is 4.95. The second-order valence-electron chi connectivity index (χ2n) is 10.3. The van der Waals surface area contributed by atoms with Crippen molar-refractivity contribution in [2.75, 3.05) is 12.8 Å². The predicted octanol–water partition coefficient (Wildman–Crippen LogP) is 6.12. The first-order valence-corrected chi connectivity index (χ1v) is 16.0. The zero-order chi connectivity index (χ0) is 29.6. The van der Waals surface area contributed by atoms with Crippen molar-refractivity contribution in [1.82, 2.24) is 9.88 Å². The molecule has 0 aliphatic carbocycles. The third-order valence-corrected chi connectivity index (χ3v) is 7.38. The van der Waals surface area contributed by atoms with Crippen molar-refractivity contribution in [2.24, 2.45) is 0 Å². The molecule has 42 heavy (non-hydrogen) atoms. The molecule has 220 valence electrons. The van der Waals surface area contributed by atoms with Crippen LogP contribution in [0, 0.1) is 0 Å². The number of ether oxygens (including phenoxy) is 1. The summed E-state index contributed by atoms with van der Waals surface area (Å²) in [4.78, 5) is 19.7. The average Bonchev–Trinajstić information content (AvgIpc) is 3.01. The number of aromatic nitrogens is 1. The first-order valence-electron chi connectivity index (χ1n) is 14.2. The fourth-order valence-electron chi connectivity index (χ4n) is 4.61. The summed E-state index contributed by atoms with van der Waals surface area (Å²) >= 11 is 0. The van der Waals surface area contributed by atoms with Gasteiger partial charge in [0.05, 0.1) is 12.9 Å². The molecule has 0 saturated carbocycles. The van der Waals surface area contributed by atoms with Crippen LogP contribution >= 0.6 is 0 Å². The molecule has 0 bridgehead atoms. The Morgan fingerprint density at radius 2 is 1.50 bits per heavy atom. The number of pyridine rings is 1. The average molecular weight is 587 g/mol. The van der Waals surface area contributed by atoms with Crippen molar-refractivity contribution in [3.8, 4) is 5.75 Å². The number of carbonyl (C=O) groups is 1. The van der Waals surface area contributed by atoms with Crippen molar-refractivity contribution >= 4 is 16.0 Å². The Morgan fingerprint density at radius 3 is 2.19 bits per heavy atom. The minimum absolute atomic E-state index is 0.0809. The summed E-state index contributed by atoms with van der Waals surface area (Å²) in [6.07, 6.45) is 6.55. The van der Waals surface area contributed by atoms with Crippen molar-refractivity contribution in [1.29, 1.82) is 0 Å². The molecule has 0 aliphatic heterocycles. The Hall–Kier alpha value is -4.01. The third kappa shape index (κ3) is 10.8. The molecule has 1 aromatic heterocycles. The van der Waals surface area contributed by atoms with Crippen molar-refractivity contribution in [3.05, 3.63) is 131 Å². The molecule has 0 atom stereocenters. The van der Waals surface area contributed by atoms with Gasteiger partial charge in [-0.3, -0.25) is 14.0 Å². The lowest BCUT2D eigenvalue weighted by Crippen LogP contribution is -2.32. The van der Waals surface area contributed by atoms with Gasteiger partial charge in [-0.25, -0.2) is 0 Å². The molecule has 0 saturated heterocycles. The molecule has 0 N–H and O–H groups in total. The first kappa shape index (κ1) is 30.9. The number of unbranched alkanes of at least 4 members (excludes halogenated alkanes) is 1. The second kappa shape index (κ2) is 15.8. The summed E-state index contributed by atoms with van der Waals surface area (Å²) in [6, 6.07) is 31.4. The Labute approximate surface area is 249 Å². The van der Waals surface area contributed by atoms with E-state index in [2.05, 4.69) is 17.1 Å². The molecule has 0 fully saturated rings. The van der Waals surface area contributed by atoms with E-state index >= 15 is 0 Å².